The van der Waals surface area contributed by atoms with E-state index in [1.165, 1.54) is 0 Å². The highest BCUT2D eigenvalue weighted by molar-refractivity contribution is 5.89. The summed E-state index contributed by atoms with van der Waals surface area (Å²) in [6.07, 6.45) is 1.30. The first kappa shape index (κ1) is 25.3. The number of piperidine rings is 2. The molecule has 2 amide bonds. The molecule has 0 radical (unpaired) electrons. The van der Waals surface area contributed by atoms with Crippen molar-refractivity contribution >= 4 is 23.5 Å². The van der Waals surface area contributed by atoms with E-state index in [-0.39, 0.29) is 17.8 Å². The first-order valence-electron chi connectivity index (χ1n) is 12.8. The molecule has 38 heavy (non-hydrogen) atoms. The summed E-state index contributed by atoms with van der Waals surface area (Å²) in [6.45, 7) is 2.22. The quantitative estimate of drug-likeness (QED) is 0.469. The van der Waals surface area contributed by atoms with Crippen LogP contribution in [0.25, 0.3) is 11.3 Å². The molecular formula is C28H32N6O4. The Bertz CT molecular complexity index is 1300. The van der Waals surface area contributed by atoms with E-state index in [2.05, 4.69) is 15.1 Å². The third kappa shape index (κ3) is 4.93. The van der Waals surface area contributed by atoms with Gasteiger partial charge in [0.05, 0.1) is 16.8 Å². The number of nitrogens with two attached hydrogens (primary N) is 2. The lowest BCUT2D eigenvalue weighted by Gasteiger charge is -2.45. The van der Waals surface area contributed by atoms with Crippen molar-refractivity contribution < 1.29 is 19.4 Å². The molecule has 0 aliphatic carbocycles. The molecule has 3 heterocycles. The van der Waals surface area contributed by atoms with Crippen molar-refractivity contribution in [3.63, 3.8) is 0 Å². The smallest absolute Gasteiger partial charge is 0.404 e. The average molecular weight is 517 g/mol. The Morgan fingerprint density at radius 1 is 0.947 bits per heavy atom. The summed E-state index contributed by atoms with van der Waals surface area (Å²) in [7, 11) is 0. The number of aromatic nitrogens is 2. The predicted octanol–water partition coefficient (Wildman–Crippen LogP) is 3.06. The highest BCUT2D eigenvalue weighted by Crippen LogP contribution is 2.41. The minimum Gasteiger partial charge on any atom is -0.507 e. The van der Waals surface area contributed by atoms with E-state index in [4.69, 9.17) is 16.2 Å². The largest absolute Gasteiger partial charge is 0.507 e. The van der Waals surface area contributed by atoms with Crippen LogP contribution in [0.1, 0.15) is 31.2 Å². The van der Waals surface area contributed by atoms with E-state index in [0.717, 1.165) is 11.3 Å². The Hall–Kier alpha value is -4.34. The van der Waals surface area contributed by atoms with Gasteiger partial charge in [-0.3, -0.25) is 4.79 Å². The molecule has 0 bridgehead atoms. The predicted molar refractivity (Wildman–Crippen MR) is 143 cm³/mol. The van der Waals surface area contributed by atoms with E-state index in [1.807, 2.05) is 47.4 Å². The van der Waals surface area contributed by atoms with Gasteiger partial charge >= 0.3 is 6.09 Å². The maximum Gasteiger partial charge on any atom is 0.404 e. The topological polar surface area (TPSA) is 148 Å². The third-order valence-corrected chi connectivity index (χ3v) is 7.69. The van der Waals surface area contributed by atoms with Crippen LogP contribution in [0.15, 0.2) is 60.7 Å². The number of likely N-dealkylation sites (tertiary alicyclic amines) is 1. The van der Waals surface area contributed by atoms with Crippen LogP contribution in [0, 0.1) is 0 Å². The fourth-order valence-electron chi connectivity index (χ4n) is 5.62. The molecule has 5 N–H and O–H groups in total. The van der Waals surface area contributed by atoms with Crippen molar-refractivity contribution in [3.8, 4) is 17.0 Å². The van der Waals surface area contributed by atoms with Crippen LogP contribution < -0.4 is 16.4 Å². The number of phenolic OH excluding ortho intramolecular Hbond substituents is 1. The molecule has 2 aliphatic rings. The molecular weight excluding hydrogens is 484 g/mol. The summed E-state index contributed by atoms with van der Waals surface area (Å²) in [5.41, 5.74) is 13.6. The zero-order valence-corrected chi connectivity index (χ0v) is 21.1. The summed E-state index contributed by atoms with van der Waals surface area (Å²) in [6, 6.07) is 18.7. The Labute approximate surface area is 221 Å². The lowest BCUT2D eigenvalue weighted by molar-refractivity contribution is -0.140. The van der Waals surface area contributed by atoms with Crippen LogP contribution in [-0.2, 0) is 14.9 Å². The fraction of sp³-hybridized carbons (Fsp3) is 0.357. The maximum absolute atomic E-state index is 14.1. The number of nitrogens with zero attached hydrogens (tertiary/aromatic N) is 4. The number of ether oxygens (including phenoxy) is 1. The number of amides is 2. The minimum absolute atomic E-state index is 0.0941. The number of hydrogen-bond donors (Lipinski definition) is 3. The molecule has 2 aliphatic heterocycles. The van der Waals surface area contributed by atoms with Gasteiger partial charge in [-0.15, -0.1) is 10.2 Å². The maximum atomic E-state index is 14.1. The molecule has 0 unspecified atom stereocenters. The van der Waals surface area contributed by atoms with Crippen molar-refractivity contribution in [2.75, 3.05) is 36.8 Å². The number of carbonyl (C=O) groups excluding carboxylic acids is 2. The second kappa shape index (κ2) is 10.6. The van der Waals surface area contributed by atoms with Crippen LogP contribution in [0.3, 0.4) is 0 Å². The van der Waals surface area contributed by atoms with Crippen molar-refractivity contribution in [2.24, 2.45) is 5.73 Å². The van der Waals surface area contributed by atoms with Gasteiger partial charge in [0, 0.05) is 44.6 Å². The molecule has 5 rings (SSSR count). The summed E-state index contributed by atoms with van der Waals surface area (Å²) in [4.78, 5) is 29.3. The molecule has 0 spiro atoms. The third-order valence-electron chi connectivity index (χ3n) is 7.69. The van der Waals surface area contributed by atoms with Gasteiger partial charge in [0.2, 0.25) is 5.91 Å². The SMILES string of the molecule is NC(=O)OC1CCN(C(=O)C2(c3ccccc3)CCN(c3cc(-c4ccccc4O)nnc3N)CC2)CC1. The highest BCUT2D eigenvalue weighted by atomic mass is 16.6. The summed E-state index contributed by atoms with van der Waals surface area (Å²) in [5, 5.41) is 18.6. The molecule has 2 saturated heterocycles. The van der Waals surface area contributed by atoms with Gasteiger partial charge in [-0.05, 0) is 36.6 Å². The number of rotatable bonds is 5. The second-order valence-electron chi connectivity index (χ2n) is 9.88. The second-order valence-corrected chi connectivity index (χ2v) is 9.88. The van der Waals surface area contributed by atoms with E-state index in [0.29, 0.717) is 68.9 Å². The lowest BCUT2D eigenvalue weighted by Crippen LogP contribution is -2.55. The molecule has 198 valence electrons. The number of benzene rings is 2. The number of anilines is 2. The van der Waals surface area contributed by atoms with Crippen LogP contribution >= 0.6 is 0 Å². The molecule has 0 saturated carbocycles. The highest BCUT2D eigenvalue weighted by Gasteiger charge is 2.46. The van der Waals surface area contributed by atoms with Crippen molar-refractivity contribution in [2.45, 2.75) is 37.2 Å². The van der Waals surface area contributed by atoms with Crippen LogP contribution in [0.2, 0.25) is 0 Å². The van der Waals surface area contributed by atoms with Gasteiger partial charge in [0.15, 0.2) is 5.82 Å². The first-order chi connectivity index (χ1) is 18.4. The van der Waals surface area contributed by atoms with E-state index in [9.17, 15) is 14.7 Å². The Balaban J connectivity index is 1.37. The van der Waals surface area contributed by atoms with Gasteiger partial charge in [-0.2, -0.15) is 0 Å². The number of para-hydroxylation sites is 1. The molecule has 10 nitrogen and oxygen atoms in total. The number of carbonyl (C=O) groups is 2. The van der Waals surface area contributed by atoms with Crippen molar-refractivity contribution in [1.82, 2.24) is 15.1 Å². The molecule has 10 heteroatoms. The first-order valence-corrected chi connectivity index (χ1v) is 12.8. The zero-order chi connectivity index (χ0) is 26.7. The standard InChI is InChI=1S/C28H32N6O4/c29-25-23(18-22(31-32-25)21-8-4-5-9-24(21)35)33-16-12-28(13-17-33,19-6-2-1-3-7-19)26(36)34-14-10-20(11-15-34)38-27(30)37/h1-9,18,20,35H,10-17H2,(H2,29,32)(H2,30,37). The van der Waals surface area contributed by atoms with E-state index < -0.39 is 11.5 Å². The van der Waals surface area contributed by atoms with Crippen molar-refractivity contribution in [3.05, 3.63) is 66.2 Å². The van der Waals surface area contributed by atoms with Crippen LogP contribution in [-0.4, -0.2) is 64.5 Å². The summed E-state index contributed by atoms with van der Waals surface area (Å²) < 4.78 is 5.15. The van der Waals surface area contributed by atoms with Gasteiger partial charge in [0.1, 0.15) is 11.9 Å². The minimum atomic E-state index is -0.779. The number of nitrogen functional groups attached to an aromatic ring is 1. The zero-order valence-electron chi connectivity index (χ0n) is 21.1. The normalized spacial score (nSPS) is 17.7. The number of primary amides is 1. The molecule has 2 aromatic carbocycles. The summed E-state index contributed by atoms with van der Waals surface area (Å²) >= 11 is 0. The number of phenols is 1. The van der Waals surface area contributed by atoms with Crippen LogP contribution in [0.5, 0.6) is 5.75 Å². The van der Waals surface area contributed by atoms with Gasteiger partial charge in [0.25, 0.3) is 0 Å². The molecule has 2 fully saturated rings. The van der Waals surface area contributed by atoms with E-state index in [1.54, 1.807) is 18.2 Å². The molecule has 0 atom stereocenters. The fourth-order valence-corrected chi connectivity index (χ4v) is 5.62. The average Bonchev–Trinajstić information content (AvgIpc) is 2.94. The monoisotopic (exact) mass is 516 g/mol. The number of aromatic hydroxyl groups is 1. The van der Waals surface area contributed by atoms with E-state index >= 15 is 0 Å². The summed E-state index contributed by atoms with van der Waals surface area (Å²) in [5.74, 6) is 0.519. The van der Waals surface area contributed by atoms with Gasteiger partial charge < -0.3 is 31.1 Å². The number of hydrogen-bond acceptors (Lipinski definition) is 8. The van der Waals surface area contributed by atoms with Gasteiger partial charge in [-0.1, -0.05) is 42.5 Å². The Morgan fingerprint density at radius 3 is 2.26 bits per heavy atom. The van der Waals surface area contributed by atoms with Crippen molar-refractivity contribution in [1.29, 1.82) is 0 Å². The lowest BCUT2D eigenvalue weighted by atomic mass is 9.71. The molecule has 1 aromatic heterocycles. The Morgan fingerprint density at radius 2 is 1.61 bits per heavy atom. The Kier molecular flexibility index (Phi) is 7.04. The molecule has 3 aromatic rings. The van der Waals surface area contributed by atoms with Gasteiger partial charge in [-0.25, -0.2) is 4.79 Å². The van der Waals surface area contributed by atoms with Crippen LogP contribution in [0.4, 0.5) is 16.3 Å².